The van der Waals surface area contributed by atoms with Crippen molar-refractivity contribution in [1.29, 1.82) is 0 Å². The van der Waals surface area contributed by atoms with Crippen molar-refractivity contribution in [2.45, 2.75) is 32.3 Å². The maximum absolute atomic E-state index is 12.7. The lowest BCUT2D eigenvalue weighted by Gasteiger charge is -2.15. The Morgan fingerprint density at radius 2 is 1.65 bits per heavy atom. The molecule has 3 rings (SSSR count). The maximum atomic E-state index is 12.7. The van der Waals surface area contributed by atoms with Crippen molar-refractivity contribution in [2.75, 3.05) is 4.90 Å². The summed E-state index contributed by atoms with van der Waals surface area (Å²) in [7, 11) is 0. The molecular weight excluding hydrogens is 290 g/mol. The summed E-state index contributed by atoms with van der Waals surface area (Å²) in [5, 5.41) is 0. The summed E-state index contributed by atoms with van der Waals surface area (Å²) in [6, 6.07) is 16.5. The van der Waals surface area contributed by atoms with Crippen LogP contribution in [0.4, 0.5) is 5.69 Å². The van der Waals surface area contributed by atoms with Crippen LogP contribution in [0.25, 0.3) is 0 Å². The first kappa shape index (κ1) is 15.3. The van der Waals surface area contributed by atoms with E-state index >= 15 is 0 Å². The highest BCUT2D eigenvalue weighted by Gasteiger charge is 2.40. The van der Waals surface area contributed by atoms with E-state index in [-0.39, 0.29) is 24.3 Å². The summed E-state index contributed by atoms with van der Waals surface area (Å²) in [6.07, 6.45) is 0.307. The minimum atomic E-state index is -0.421. The van der Waals surface area contributed by atoms with Crippen LogP contribution in [0.15, 0.2) is 54.6 Å². The summed E-state index contributed by atoms with van der Waals surface area (Å²) < 4.78 is 5.61. The van der Waals surface area contributed by atoms with E-state index < -0.39 is 5.92 Å². The van der Waals surface area contributed by atoms with Crippen molar-refractivity contribution in [3.05, 3.63) is 60.2 Å². The zero-order valence-corrected chi connectivity index (χ0v) is 13.2. The molecule has 0 aromatic heterocycles. The first-order valence-electron chi connectivity index (χ1n) is 7.74. The topological polar surface area (TPSA) is 46.6 Å². The van der Waals surface area contributed by atoms with Gasteiger partial charge in [-0.05, 0) is 43.7 Å². The van der Waals surface area contributed by atoms with Gasteiger partial charge in [0.25, 0.3) is 0 Å². The highest BCUT2D eigenvalue weighted by molar-refractivity contribution is 6.22. The van der Waals surface area contributed by atoms with Crippen LogP contribution in [0.1, 0.15) is 31.7 Å². The molecule has 2 amide bonds. The molecule has 1 aliphatic rings. The molecule has 0 saturated carbocycles. The fraction of sp³-hybridized carbons (Fsp3) is 0.263. The van der Waals surface area contributed by atoms with E-state index in [1.165, 1.54) is 4.90 Å². The van der Waals surface area contributed by atoms with Gasteiger partial charge in [0.15, 0.2) is 0 Å². The first-order valence-corrected chi connectivity index (χ1v) is 7.74. The molecule has 1 heterocycles. The van der Waals surface area contributed by atoms with Crippen LogP contribution >= 0.6 is 0 Å². The molecule has 0 spiro atoms. The summed E-state index contributed by atoms with van der Waals surface area (Å²) in [6.45, 7) is 3.93. The number of rotatable bonds is 4. The molecule has 2 aromatic carbocycles. The van der Waals surface area contributed by atoms with Crippen LogP contribution in [0.3, 0.4) is 0 Å². The summed E-state index contributed by atoms with van der Waals surface area (Å²) >= 11 is 0. The third-order valence-electron chi connectivity index (χ3n) is 3.82. The molecule has 1 atom stereocenters. The number of hydrogen-bond donors (Lipinski definition) is 0. The second-order valence-electron chi connectivity index (χ2n) is 5.90. The number of ether oxygens (including phenoxy) is 1. The van der Waals surface area contributed by atoms with E-state index in [2.05, 4.69) is 0 Å². The average molecular weight is 309 g/mol. The van der Waals surface area contributed by atoms with Gasteiger partial charge in [-0.3, -0.25) is 14.5 Å². The lowest BCUT2D eigenvalue weighted by molar-refractivity contribution is -0.121. The van der Waals surface area contributed by atoms with Gasteiger partial charge in [0, 0.05) is 6.42 Å². The number of imide groups is 1. The fourth-order valence-corrected chi connectivity index (χ4v) is 2.79. The van der Waals surface area contributed by atoms with Crippen molar-refractivity contribution in [3.8, 4) is 5.75 Å². The number of hydrogen-bond acceptors (Lipinski definition) is 3. The number of nitrogens with zero attached hydrogens (tertiary/aromatic N) is 1. The van der Waals surface area contributed by atoms with Crippen molar-refractivity contribution >= 4 is 17.5 Å². The zero-order valence-electron chi connectivity index (χ0n) is 13.2. The Morgan fingerprint density at radius 3 is 2.26 bits per heavy atom. The Labute approximate surface area is 135 Å². The number of carbonyl (C=O) groups excluding carboxylic acids is 2. The maximum Gasteiger partial charge on any atom is 0.241 e. The Kier molecular flexibility index (Phi) is 4.15. The van der Waals surface area contributed by atoms with Gasteiger partial charge in [0.2, 0.25) is 11.8 Å². The van der Waals surface area contributed by atoms with E-state index in [1.54, 1.807) is 12.1 Å². The monoisotopic (exact) mass is 309 g/mol. The number of anilines is 1. The van der Waals surface area contributed by atoms with E-state index in [0.29, 0.717) is 5.69 Å². The van der Waals surface area contributed by atoms with Crippen LogP contribution in [0.2, 0.25) is 0 Å². The zero-order chi connectivity index (χ0) is 16.4. The molecule has 0 N–H and O–H groups in total. The third kappa shape index (κ3) is 3.11. The molecule has 23 heavy (non-hydrogen) atoms. The summed E-state index contributed by atoms with van der Waals surface area (Å²) in [5.41, 5.74) is 1.47. The third-order valence-corrected chi connectivity index (χ3v) is 3.82. The average Bonchev–Trinajstić information content (AvgIpc) is 2.83. The molecule has 4 nitrogen and oxygen atoms in total. The van der Waals surface area contributed by atoms with Gasteiger partial charge in [-0.25, -0.2) is 0 Å². The van der Waals surface area contributed by atoms with Gasteiger partial charge in [-0.2, -0.15) is 0 Å². The molecular formula is C19H19NO3. The quantitative estimate of drug-likeness (QED) is 0.812. The van der Waals surface area contributed by atoms with Crippen LogP contribution in [-0.2, 0) is 9.59 Å². The second-order valence-corrected chi connectivity index (χ2v) is 5.90. The van der Waals surface area contributed by atoms with Gasteiger partial charge in [0.05, 0.1) is 17.7 Å². The number of amides is 2. The van der Waals surface area contributed by atoms with Crippen LogP contribution in [-0.4, -0.2) is 17.9 Å². The van der Waals surface area contributed by atoms with Crippen LogP contribution in [0, 0.1) is 0 Å². The normalized spacial score (nSPS) is 17.9. The van der Waals surface area contributed by atoms with Crippen LogP contribution in [0.5, 0.6) is 5.75 Å². The van der Waals surface area contributed by atoms with Gasteiger partial charge >= 0.3 is 0 Å². The molecule has 0 radical (unpaired) electrons. The first-order chi connectivity index (χ1) is 11.1. The standard InChI is InChI=1S/C19H19NO3/c1-13(2)23-16-10-8-14(9-11-16)17-12-18(21)20(19(17)22)15-6-4-3-5-7-15/h3-11,13,17H,12H2,1-2H3/t17-/m1/s1. The lowest BCUT2D eigenvalue weighted by Crippen LogP contribution is -2.29. The van der Waals surface area contributed by atoms with Crippen molar-refractivity contribution in [3.63, 3.8) is 0 Å². The van der Waals surface area contributed by atoms with E-state index in [0.717, 1.165) is 11.3 Å². The molecule has 1 aliphatic heterocycles. The molecule has 2 aromatic rings. The molecule has 0 unspecified atom stereocenters. The Hall–Kier alpha value is -2.62. The van der Waals surface area contributed by atoms with Gasteiger partial charge in [-0.1, -0.05) is 30.3 Å². The van der Waals surface area contributed by atoms with E-state index in [9.17, 15) is 9.59 Å². The molecule has 1 fully saturated rings. The van der Waals surface area contributed by atoms with E-state index in [4.69, 9.17) is 4.74 Å². The largest absolute Gasteiger partial charge is 0.491 e. The Balaban J connectivity index is 1.82. The smallest absolute Gasteiger partial charge is 0.241 e. The molecule has 4 heteroatoms. The molecule has 0 aliphatic carbocycles. The Bertz CT molecular complexity index is 707. The number of para-hydroxylation sites is 1. The highest BCUT2D eigenvalue weighted by Crippen LogP contribution is 2.33. The molecule has 1 saturated heterocycles. The minimum Gasteiger partial charge on any atom is -0.491 e. The predicted molar refractivity (Wildman–Crippen MR) is 88.5 cm³/mol. The highest BCUT2D eigenvalue weighted by atomic mass is 16.5. The SMILES string of the molecule is CC(C)Oc1ccc([C@H]2CC(=O)N(c3ccccc3)C2=O)cc1. The van der Waals surface area contributed by atoms with Gasteiger partial charge in [-0.15, -0.1) is 0 Å². The van der Waals surface area contributed by atoms with Crippen molar-refractivity contribution in [2.24, 2.45) is 0 Å². The minimum absolute atomic E-state index is 0.101. The summed E-state index contributed by atoms with van der Waals surface area (Å²) in [5.74, 6) is 0.0173. The number of carbonyl (C=O) groups is 2. The van der Waals surface area contributed by atoms with Gasteiger partial charge in [0.1, 0.15) is 5.75 Å². The van der Waals surface area contributed by atoms with Crippen molar-refractivity contribution < 1.29 is 14.3 Å². The molecule has 118 valence electrons. The second kappa shape index (κ2) is 6.24. The Morgan fingerprint density at radius 1 is 1.00 bits per heavy atom. The lowest BCUT2D eigenvalue weighted by atomic mass is 9.97. The van der Waals surface area contributed by atoms with Crippen molar-refractivity contribution in [1.82, 2.24) is 0 Å². The molecule has 0 bridgehead atoms. The predicted octanol–water partition coefficient (Wildman–Crippen LogP) is 3.52. The van der Waals surface area contributed by atoms with E-state index in [1.807, 2.05) is 56.3 Å². The van der Waals surface area contributed by atoms with Gasteiger partial charge < -0.3 is 4.74 Å². The summed E-state index contributed by atoms with van der Waals surface area (Å²) in [4.78, 5) is 26.2. The van der Waals surface area contributed by atoms with Crippen LogP contribution < -0.4 is 9.64 Å². The fourth-order valence-electron chi connectivity index (χ4n) is 2.79. The number of benzene rings is 2.